The van der Waals surface area contributed by atoms with Crippen molar-refractivity contribution < 1.29 is 10.2 Å². The van der Waals surface area contributed by atoms with Crippen molar-refractivity contribution in [3.05, 3.63) is 34.9 Å². The minimum Gasteiger partial charge on any atom is -0.396 e. The molecule has 0 aliphatic rings. The summed E-state index contributed by atoms with van der Waals surface area (Å²) in [5, 5.41) is 18.4. The number of rotatable bonds is 7. The predicted molar refractivity (Wildman–Crippen MR) is 73.3 cm³/mol. The van der Waals surface area contributed by atoms with Crippen molar-refractivity contribution in [3.63, 3.8) is 0 Å². The van der Waals surface area contributed by atoms with Crippen molar-refractivity contribution in [3.8, 4) is 0 Å². The van der Waals surface area contributed by atoms with Crippen molar-refractivity contribution in [2.45, 2.75) is 4.58 Å². The van der Waals surface area contributed by atoms with Crippen molar-refractivity contribution in [2.24, 2.45) is 0 Å². The van der Waals surface area contributed by atoms with E-state index in [0.717, 1.165) is 5.02 Å². The van der Waals surface area contributed by atoms with Gasteiger partial charge in [-0.25, -0.2) is 0 Å². The average Bonchev–Trinajstić information content (AvgIpc) is 2.31. The third-order valence-corrected chi connectivity index (χ3v) is 4.92. The van der Waals surface area contributed by atoms with Crippen LogP contribution in [0.1, 0.15) is 10.1 Å². The molecule has 0 spiro atoms. The number of aliphatic hydroxyl groups excluding tert-OH is 2. The zero-order valence-electron chi connectivity index (χ0n) is 8.80. The van der Waals surface area contributed by atoms with Crippen LogP contribution in [0.25, 0.3) is 0 Å². The molecule has 0 atom stereocenters. The maximum absolute atomic E-state index is 8.83. The molecule has 1 rings (SSSR count). The van der Waals surface area contributed by atoms with Gasteiger partial charge in [-0.2, -0.15) is 0 Å². The Kier molecular flexibility index (Phi) is 7.32. The molecule has 90 valence electrons. The first kappa shape index (κ1) is 14.2. The Hall–Kier alpha value is 0.130. The molecule has 0 aliphatic heterocycles. The molecule has 5 heteroatoms. The molecule has 1 aromatic carbocycles. The molecule has 0 heterocycles. The summed E-state index contributed by atoms with van der Waals surface area (Å²) >= 11 is 9.19. The quantitative estimate of drug-likeness (QED) is 0.753. The van der Waals surface area contributed by atoms with E-state index in [1.165, 1.54) is 5.56 Å². The van der Waals surface area contributed by atoms with Crippen LogP contribution in [0, 0.1) is 0 Å². The van der Waals surface area contributed by atoms with Crippen molar-refractivity contribution in [1.29, 1.82) is 0 Å². The van der Waals surface area contributed by atoms with E-state index in [4.69, 9.17) is 21.8 Å². The molecule has 0 aromatic heterocycles. The summed E-state index contributed by atoms with van der Waals surface area (Å²) in [4.78, 5) is 0. The molecule has 0 amide bonds. The highest BCUT2D eigenvalue weighted by atomic mass is 35.5. The second-order valence-electron chi connectivity index (χ2n) is 3.07. The lowest BCUT2D eigenvalue weighted by molar-refractivity contribution is 0.322. The molecule has 0 saturated heterocycles. The van der Waals surface area contributed by atoms with Crippen LogP contribution in [0.5, 0.6) is 0 Å². The third kappa shape index (κ3) is 4.97. The van der Waals surface area contributed by atoms with Crippen LogP contribution in [0.2, 0.25) is 5.02 Å². The van der Waals surface area contributed by atoms with E-state index in [9.17, 15) is 0 Å². The number of thioether (sulfide) groups is 2. The summed E-state index contributed by atoms with van der Waals surface area (Å²) in [6, 6.07) is 7.70. The van der Waals surface area contributed by atoms with Crippen molar-refractivity contribution in [1.82, 2.24) is 0 Å². The molecule has 0 unspecified atom stereocenters. The molecule has 0 radical (unpaired) electrons. The van der Waals surface area contributed by atoms with E-state index in [0.29, 0.717) is 11.5 Å². The van der Waals surface area contributed by atoms with Crippen LogP contribution in [-0.2, 0) is 0 Å². The molecule has 0 saturated carbocycles. The topological polar surface area (TPSA) is 40.5 Å². The van der Waals surface area contributed by atoms with Crippen molar-refractivity contribution >= 4 is 35.1 Å². The molecule has 0 bridgehead atoms. The van der Waals surface area contributed by atoms with Crippen LogP contribution < -0.4 is 0 Å². The van der Waals surface area contributed by atoms with Crippen LogP contribution in [0.4, 0.5) is 0 Å². The maximum atomic E-state index is 8.83. The fourth-order valence-corrected chi connectivity index (χ4v) is 3.61. The molecule has 1 aromatic rings. The first-order valence-electron chi connectivity index (χ1n) is 4.98. The summed E-state index contributed by atoms with van der Waals surface area (Å²) in [7, 11) is 0. The minimum absolute atomic E-state index is 0.175. The number of benzene rings is 1. The van der Waals surface area contributed by atoms with Gasteiger partial charge in [0, 0.05) is 16.5 Å². The Morgan fingerprint density at radius 1 is 1.00 bits per heavy atom. The van der Waals surface area contributed by atoms with Gasteiger partial charge < -0.3 is 10.2 Å². The lowest BCUT2D eigenvalue weighted by Crippen LogP contribution is -1.97. The molecule has 16 heavy (non-hydrogen) atoms. The fourth-order valence-electron chi connectivity index (χ4n) is 1.18. The molecule has 0 aliphatic carbocycles. The number of halogens is 1. The largest absolute Gasteiger partial charge is 0.396 e. The van der Waals surface area contributed by atoms with Gasteiger partial charge >= 0.3 is 0 Å². The summed E-state index contributed by atoms with van der Waals surface area (Å²) in [6.07, 6.45) is 0. The highest BCUT2D eigenvalue weighted by Gasteiger charge is 2.11. The van der Waals surface area contributed by atoms with E-state index >= 15 is 0 Å². The van der Waals surface area contributed by atoms with E-state index in [2.05, 4.69) is 0 Å². The normalized spacial score (nSPS) is 11.0. The summed E-state index contributed by atoms with van der Waals surface area (Å²) in [5.41, 5.74) is 1.17. The Morgan fingerprint density at radius 3 is 1.94 bits per heavy atom. The summed E-state index contributed by atoms with van der Waals surface area (Å²) in [5.74, 6) is 1.40. The monoisotopic (exact) mass is 278 g/mol. The lowest BCUT2D eigenvalue weighted by Gasteiger charge is -2.15. The average molecular weight is 279 g/mol. The molecular formula is C11H15ClO2S2. The van der Waals surface area contributed by atoms with E-state index < -0.39 is 0 Å². The fraction of sp³-hybridized carbons (Fsp3) is 0.455. The molecular weight excluding hydrogens is 264 g/mol. The molecule has 2 N–H and O–H groups in total. The predicted octanol–water partition coefficient (Wildman–Crippen LogP) is 2.79. The van der Waals surface area contributed by atoms with Gasteiger partial charge in [-0.1, -0.05) is 23.7 Å². The minimum atomic E-state index is 0.175. The van der Waals surface area contributed by atoms with Gasteiger partial charge in [0.2, 0.25) is 0 Å². The number of hydrogen-bond donors (Lipinski definition) is 2. The van der Waals surface area contributed by atoms with Crippen LogP contribution >= 0.6 is 35.1 Å². The Bertz CT molecular complexity index is 285. The van der Waals surface area contributed by atoms with Gasteiger partial charge in [0.1, 0.15) is 0 Å². The smallest absolute Gasteiger partial charge is 0.0753 e. The van der Waals surface area contributed by atoms with E-state index in [1.807, 2.05) is 24.3 Å². The maximum Gasteiger partial charge on any atom is 0.0753 e. The second kappa shape index (κ2) is 8.25. The Morgan fingerprint density at radius 2 is 1.50 bits per heavy atom. The van der Waals surface area contributed by atoms with Gasteiger partial charge in [0.05, 0.1) is 17.8 Å². The Balaban J connectivity index is 2.62. The standard InChI is InChI=1S/C11H15ClO2S2/c12-10-3-1-9(2-4-10)11(15-7-5-13)16-8-6-14/h1-4,11,13-14H,5-8H2. The summed E-state index contributed by atoms with van der Waals surface area (Å²) in [6.45, 7) is 0.350. The zero-order chi connectivity index (χ0) is 11.8. The SMILES string of the molecule is OCCSC(SCCO)c1ccc(Cl)cc1. The van der Waals surface area contributed by atoms with E-state index in [1.54, 1.807) is 23.5 Å². The molecule has 2 nitrogen and oxygen atoms in total. The zero-order valence-corrected chi connectivity index (χ0v) is 11.2. The highest BCUT2D eigenvalue weighted by Crippen LogP contribution is 2.39. The first-order chi connectivity index (χ1) is 7.77. The van der Waals surface area contributed by atoms with Gasteiger partial charge in [-0.05, 0) is 17.7 Å². The molecule has 0 fully saturated rings. The number of hydrogen-bond acceptors (Lipinski definition) is 4. The van der Waals surface area contributed by atoms with Gasteiger partial charge in [-0.15, -0.1) is 23.5 Å². The van der Waals surface area contributed by atoms with Gasteiger partial charge in [-0.3, -0.25) is 0 Å². The van der Waals surface area contributed by atoms with Gasteiger partial charge in [0.15, 0.2) is 0 Å². The first-order valence-corrected chi connectivity index (χ1v) is 7.46. The van der Waals surface area contributed by atoms with Crippen molar-refractivity contribution in [2.75, 3.05) is 24.7 Å². The Labute approximate surface area is 109 Å². The lowest BCUT2D eigenvalue weighted by atomic mass is 10.2. The van der Waals surface area contributed by atoms with Crippen LogP contribution in [0.3, 0.4) is 0 Å². The highest BCUT2D eigenvalue weighted by molar-refractivity contribution is 8.16. The van der Waals surface area contributed by atoms with Crippen LogP contribution in [-0.4, -0.2) is 34.9 Å². The van der Waals surface area contributed by atoms with Crippen LogP contribution in [0.15, 0.2) is 24.3 Å². The van der Waals surface area contributed by atoms with Gasteiger partial charge in [0.25, 0.3) is 0 Å². The number of aliphatic hydroxyl groups is 2. The van der Waals surface area contributed by atoms with E-state index in [-0.39, 0.29) is 17.8 Å². The third-order valence-electron chi connectivity index (χ3n) is 1.86. The summed E-state index contributed by atoms with van der Waals surface area (Å²) < 4.78 is 0.247. The second-order valence-corrected chi connectivity index (χ2v) is 6.23.